The number of carboxylic acid groups (broad SMARTS) is 1. The number of benzene rings is 1. The number of halogens is 2. The number of amides is 1. The van der Waals surface area contributed by atoms with Crippen LogP contribution < -0.4 is 5.32 Å². The molecule has 7 heteroatoms. The molecule has 2 N–H and O–H groups in total. The molecule has 1 atom stereocenters. The molecule has 0 aliphatic carbocycles. The van der Waals surface area contributed by atoms with Crippen molar-refractivity contribution in [3.8, 4) is 0 Å². The lowest BCUT2D eigenvalue weighted by molar-refractivity contribution is -0.147. The van der Waals surface area contributed by atoms with E-state index in [0.29, 0.717) is 10.6 Å². The molecular weight excluding hydrogens is 329 g/mol. The van der Waals surface area contributed by atoms with Crippen LogP contribution in [0.2, 0.25) is 10.0 Å². The summed E-state index contributed by atoms with van der Waals surface area (Å²) in [5, 5.41) is 12.5. The Bertz CT molecular complexity index is 562. The lowest BCUT2D eigenvalue weighted by Crippen LogP contribution is -2.49. The molecule has 0 aliphatic heterocycles. The van der Waals surface area contributed by atoms with E-state index in [0.717, 1.165) is 0 Å². The van der Waals surface area contributed by atoms with Gasteiger partial charge in [0.05, 0.1) is 29.2 Å². The molecule has 0 radical (unpaired) electrons. The summed E-state index contributed by atoms with van der Waals surface area (Å²) in [7, 11) is 0. The standard InChI is InChI=1S/C15H19Cl2NO4/c1-9(2)22-7-6-13(19)18-15(3,14(20)21)10-4-5-11(16)12(17)8-10/h4-5,8-9H,6-7H2,1-3H3,(H,18,19)(H,20,21). The van der Waals surface area contributed by atoms with E-state index in [4.69, 9.17) is 27.9 Å². The van der Waals surface area contributed by atoms with Crippen molar-refractivity contribution in [1.29, 1.82) is 0 Å². The third-order valence-corrected chi connectivity index (χ3v) is 3.83. The van der Waals surface area contributed by atoms with Crippen LogP contribution in [0.5, 0.6) is 0 Å². The molecule has 1 aromatic rings. The highest BCUT2D eigenvalue weighted by molar-refractivity contribution is 6.42. The number of nitrogens with one attached hydrogen (secondary N) is 1. The van der Waals surface area contributed by atoms with E-state index < -0.39 is 17.4 Å². The van der Waals surface area contributed by atoms with E-state index in [1.807, 2.05) is 13.8 Å². The maximum absolute atomic E-state index is 12.0. The summed E-state index contributed by atoms with van der Waals surface area (Å²) in [6, 6.07) is 4.45. The molecule has 0 heterocycles. The Morgan fingerprint density at radius 3 is 2.45 bits per heavy atom. The van der Waals surface area contributed by atoms with Gasteiger partial charge in [0.25, 0.3) is 0 Å². The summed E-state index contributed by atoms with van der Waals surface area (Å²) in [5.74, 6) is -1.61. The summed E-state index contributed by atoms with van der Waals surface area (Å²) < 4.78 is 5.28. The fourth-order valence-corrected chi connectivity index (χ4v) is 2.08. The zero-order chi connectivity index (χ0) is 16.9. The van der Waals surface area contributed by atoms with Crippen LogP contribution in [0.25, 0.3) is 0 Å². The van der Waals surface area contributed by atoms with Crippen LogP contribution in [0.15, 0.2) is 18.2 Å². The lowest BCUT2D eigenvalue weighted by atomic mass is 9.92. The Morgan fingerprint density at radius 2 is 1.95 bits per heavy atom. The fraction of sp³-hybridized carbons (Fsp3) is 0.467. The number of carbonyl (C=O) groups excluding carboxylic acids is 1. The first-order valence-electron chi connectivity index (χ1n) is 6.78. The minimum absolute atomic E-state index is 0.00808. The monoisotopic (exact) mass is 347 g/mol. The van der Waals surface area contributed by atoms with Crippen LogP contribution in [0.4, 0.5) is 0 Å². The average Bonchev–Trinajstić information content (AvgIpc) is 2.40. The lowest BCUT2D eigenvalue weighted by Gasteiger charge is -2.27. The normalized spacial score (nSPS) is 13.7. The van der Waals surface area contributed by atoms with Crippen molar-refractivity contribution < 1.29 is 19.4 Å². The van der Waals surface area contributed by atoms with Gasteiger partial charge in [0.2, 0.25) is 5.91 Å². The number of ether oxygens (including phenoxy) is 1. The SMILES string of the molecule is CC(C)OCCC(=O)NC(C)(C(=O)O)c1ccc(Cl)c(Cl)c1. The molecule has 1 unspecified atom stereocenters. The van der Waals surface area contributed by atoms with Gasteiger partial charge in [-0.1, -0.05) is 29.3 Å². The molecule has 1 aromatic carbocycles. The molecule has 0 saturated carbocycles. The molecule has 0 aliphatic rings. The molecule has 0 aromatic heterocycles. The second-order valence-corrected chi connectivity index (χ2v) is 6.09. The number of rotatable bonds is 7. The fourth-order valence-electron chi connectivity index (χ4n) is 1.78. The van der Waals surface area contributed by atoms with Crippen LogP contribution in [0, 0.1) is 0 Å². The molecule has 0 bridgehead atoms. The van der Waals surface area contributed by atoms with Gasteiger partial charge in [-0.05, 0) is 38.5 Å². The minimum Gasteiger partial charge on any atom is -0.479 e. The van der Waals surface area contributed by atoms with Crippen LogP contribution in [-0.2, 0) is 19.9 Å². The number of hydrogen-bond acceptors (Lipinski definition) is 3. The number of aliphatic carboxylic acids is 1. The highest BCUT2D eigenvalue weighted by atomic mass is 35.5. The second kappa shape index (κ2) is 7.81. The van der Waals surface area contributed by atoms with Gasteiger partial charge < -0.3 is 15.2 Å². The highest BCUT2D eigenvalue weighted by Crippen LogP contribution is 2.29. The Balaban J connectivity index is 2.89. The topological polar surface area (TPSA) is 75.6 Å². The second-order valence-electron chi connectivity index (χ2n) is 5.28. The van der Waals surface area contributed by atoms with Crippen LogP contribution in [0.1, 0.15) is 32.8 Å². The van der Waals surface area contributed by atoms with Gasteiger partial charge in [0, 0.05) is 0 Å². The predicted molar refractivity (Wildman–Crippen MR) is 85.3 cm³/mol. The Morgan fingerprint density at radius 1 is 1.32 bits per heavy atom. The van der Waals surface area contributed by atoms with Crippen LogP contribution in [-0.4, -0.2) is 29.7 Å². The van der Waals surface area contributed by atoms with Gasteiger partial charge in [0.1, 0.15) is 0 Å². The minimum atomic E-state index is -1.59. The number of hydrogen-bond donors (Lipinski definition) is 2. The Labute approximate surface area is 139 Å². The molecule has 1 amide bonds. The van der Waals surface area contributed by atoms with E-state index in [1.165, 1.54) is 25.1 Å². The summed E-state index contributed by atoms with van der Waals surface area (Å²) in [4.78, 5) is 23.6. The van der Waals surface area contributed by atoms with Crippen molar-refractivity contribution in [2.24, 2.45) is 0 Å². The van der Waals surface area contributed by atoms with Crippen molar-refractivity contribution in [2.45, 2.75) is 38.8 Å². The Kier molecular flexibility index (Phi) is 6.66. The largest absolute Gasteiger partial charge is 0.479 e. The molecule has 0 fully saturated rings. The van der Waals surface area contributed by atoms with Crippen molar-refractivity contribution in [3.63, 3.8) is 0 Å². The molecule has 0 saturated heterocycles. The highest BCUT2D eigenvalue weighted by Gasteiger charge is 2.37. The average molecular weight is 348 g/mol. The summed E-state index contributed by atoms with van der Waals surface area (Å²) in [6.45, 7) is 5.33. The summed E-state index contributed by atoms with van der Waals surface area (Å²) >= 11 is 11.8. The van der Waals surface area contributed by atoms with Crippen molar-refractivity contribution in [3.05, 3.63) is 33.8 Å². The predicted octanol–water partition coefficient (Wildman–Crippen LogP) is 3.22. The summed E-state index contributed by atoms with van der Waals surface area (Å²) in [5.41, 5.74) is -1.25. The quantitative estimate of drug-likeness (QED) is 0.793. The van der Waals surface area contributed by atoms with Gasteiger partial charge in [-0.3, -0.25) is 4.79 Å². The van der Waals surface area contributed by atoms with E-state index in [9.17, 15) is 14.7 Å². The molecule has 0 spiro atoms. The number of carboxylic acids is 1. The third kappa shape index (κ3) is 4.87. The van der Waals surface area contributed by atoms with Crippen LogP contribution in [0.3, 0.4) is 0 Å². The first kappa shape index (κ1) is 18.7. The zero-order valence-electron chi connectivity index (χ0n) is 12.7. The third-order valence-electron chi connectivity index (χ3n) is 3.09. The van der Waals surface area contributed by atoms with E-state index in [2.05, 4.69) is 5.32 Å². The maximum Gasteiger partial charge on any atom is 0.333 e. The first-order valence-corrected chi connectivity index (χ1v) is 7.54. The molecule has 1 rings (SSSR count). The van der Waals surface area contributed by atoms with Crippen molar-refractivity contribution in [1.82, 2.24) is 5.32 Å². The zero-order valence-corrected chi connectivity index (χ0v) is 14.2. The van der Waals surface area contributed by atoms with E-state index >= 15 is 0 Å². The van der Waals surface area contributed by atoms with Crippen LogP contribution >= 0.6 is 23.2 Å². The van der Waals surface area contributed by atoms with E-state index in [1.54, 1.807) is 0 Å². The first-order chi connectivity index (χ1) is 10.2. The number of carbonyl (C=O) groups is 2. The molecule has 122 valence electrons. The summed E-state index contributed by atoms with van der Waals surface area (Å²) in [6.07, 6.45) is 0.0799. The van der Waals surface area contributed by atoms with Gasteiger partial charge in [-0.25, -0.2) is 4.79 Å². The molecule has 5 nitrogen and oxygen atoms in total. The smallest absolute Gasteiger partial charge is 0.333 e. The van der Waals surface area contributed by atoms with Crippen molar-refractivity contribution in [2.75, 3.05) is 6.61 Å². The maximum atomic E-state index is 12.0. The van der Waals surface area contributed by atoms with Gasteiger partial charge in [0.15, 0.2) is 5.54 Å². The molecule has 22 heavy (non-hydrogen) atoms. The van der Waals surface area contributed by atoms with Gasteiger partial charge in [-0.15, -0.1) is 0 Å². The van der Waals surface area contributed by atoms with Gasteiger partial charge >= 0.3 is 5.97 Å². The van der Waals surface area contributed by atoms with Crippen molar-refractivity contribution >= 4 is 35.1 Å². The van der Waals surface area contributed by atoms with E-state index in [-0.39, 0.29) is 24.2 Å². The Hall–Kier alpha value is -1.30. The molecular formula is C15H19Cl2NO4. The van der Waals surface area contributed by atoms with Gasteiger partial charge in [-0.2, -0.15) is 0 Å².